The number of hydrogen-bond donors (Lipinski definition) is 1. The van der Waals surface area contributed by atoms with Gasteiger partial charge >= 0.3 is 5.97 Å². The number of carbonyl (C=O) groups is 1. The molecule has 6 nitrogen and oxygen atoms in total. The van der Waals surface area contributed by atoms with E-state index in [0.29, 0.717) is 13.0 Å². The molecule has 1 aromatic carbocycles. The van der Waals surface area contributed by atoms with Crippen LogP contribution in [-0.4, -0.2) is 44.9 Å². The molecule has 110 valence electrons. The Hall–Kier alpha value is -1.44. The fraction of sp³-hybridized carbons (Fsp3) is 0.462. The molecule has 0 spiro atoms. The first-order valence-corrected chi connectivity index (χ1v) is 7.75. The minimum Gasteiger partial charge on any atom is -0.465 e. The third kappa shape index (κ3) is 2.70. The second-order valence-corrected chi connectivity index (χ2v) is 6.81. The zero-order valence-electron chi connectivity index (χ0n) is 11.5. The van der Waals surface area contributed by atoms with Gasteiger partial charge in [0.2, 0.25) is 10.0 Å². The summed E-state index contributed by atoms with van der Waals surface area (Å²) >= 11 is 0. The van der Waals surface area contributed by atoms with Crippen LogP contribution in [-0.2, 0) is 14.8 Å². The maximum Gasteiger partial charge on any atom is 0.339 e. The zero-order valence-corrected chi connectivity index (χ0v) is 12.3. The van der Waals surface area contributed by atoms with Crippen molar-refractivity contribution in [3.63, 3.8) is 0 Å². The van der Waals surface area contributed by atoms with E-state index in [2.05, 4.69) is 4.74 Å². The molecule has 1 saturated heterocycles. The molecule has 2 N–H and O–H groups in total. The summed E-state index contributed by atoms with van der Waals surface area (Å²) < 4.78 is 31.2. The minimum atomic E-state index is -3.72. The van der Waals surface area contributed by atoms with Gasteiger partial charge in [-0.15, -0.1) is 0 Å². The van der Waals surface area contributed by atoms with E-state index < -0.39 is 16.0 Å². The van der Waals surface area contributed by atoms with Gasteiger partial charge in [0.05, 0.1) is 17.6 Å². The van der Waals surface area contributed by atoms with Crippen molar-refractivity contribution in [1.29, 1.82) is 0 Å². The largest absolute Gasteiger partial charge is 0.465 e. The molecule has 1 aliphatic heterocycles. The van der Waals surface area contributed by atoms with E-state index in [-0.39, 0.29) is 23.0 Å². The molecule has 0 saturated carbocycles. The quantitative estimate of drug-likeness (QED) is 0.821. The Morgan fingerprint density at radius 2 is 2.15 bits per heavy atom. The molecule has 0 aliphatic carbocycles. The third-order valence-electron chi connectivity index (χ3n) is 3.35. The van der Waals surface area contributed by atoms with Gasteiger partial charge in [-0.1, -0.05) is 11.6 Å². The standard InChI is InChI=1S/C13H18N2O4S/c1-9-3-4-12(11(7-9)13(16)19-2)20(17,18)15-6-5-10(14)8-15/h3-4,7,10H,5-6,8,14H2,1-2H3/t10-/m1/s1. The highest BCUT2D eigenvalue weighted by Crippen LogP contribution is 2.25. The lowest BCUT2D eigenvalue weighted by Gasteiger charge is -2.18. The van der Waals surface area contributed by atoms with E-state index in [1.54, 1.807) is 13.0 Å². The molecule has 0 unspecified atom stereocenters. The molecule has 7 heteroatoms. The van der Waals surface area contributed by atoms with Gasteiger partial charge in [-0.3, -0.25) is 0 Å². The summed E-state index contributed by atoms with van der Waals surface area (Å²) in [6.45, 7) is 2.43. The van der Waals surface area contributed by atoms with Crippen LogP contribution >= 0.6 is 0 Å². The average molecular weight is 298 g/mol. The number of aryl methyl sites for hydroxylation is 1. The highest BCUT2D eigenvalue weighted by atomic mass is 32.2. The smallest absolute Gasteiger partial charge is 0.339 e. The summed E-state index contributed by atoms with van der Waals surface area (Å²) in [4.78, 5) is 11.8. The fourth-order valence-corrected chi connectivity index (χ4v) is 3.92. The molecule has 1 aromatic rings. The second-order valence-electron chi connectivity index (χ2n) is 4.90. The Bertz CT molecular complexity index is 627. The number of sulfonamides is 1. The number of rotatable bonds is 3. The summed E-state index contributed by atoms with van der Waals surface area (Å²) in [6.07, 6.45) is 0.624. The number of hydrogen-bond acceptors (Lipinski definition) is 5. The maximum absolute atomic E-state index is 12.6. The van der Waals surface area contributed by atoms with Crippen molar-refractivity contribution >= 4 is 16.0 Å². The normalized spacial score (nSPS) is 20.1. The lowest BCUT2D eigenvalue weighted by atomic mass is 10.1. The van der Waals surface area contributed by atoms with E-state index in [1.165, 1.54) is 23.5 Å². The van der Waals surface area contributed by atoms with Crippen LogP contribution in [0.2, 0.25) is 0 Å². The van der Waals surface area contributed by atoms with Crippen LogP contribution in [0.1, 0.15) is 22.3 Å². The van der Waals surface area contributed by atoms with Gasteiger partial charge in [0.1, 0.15) is 0 Å². The first-order valence-electron chi connectivity index (χ1n) is 6.31. The topological polar surface area (TPSA) is 89.7 Å². The van der Waals surface area contributed by atoms with E-state index in [1.807, 2.05) is 0 Å². The molecule has 1 atom stereocenters. The van der Waals surface area contributed by atoms with Gasteiger partial charge in [0.25, 0.3) is 0 Å². The predicted octanol–water partition coefficient (Wildman–Crippen LogP) is 0.503. The number of ether oxygens (including phenoxy) is 1. The Kier molecular flexibility index (Phi) is 4.12. The lowest BCUT2D eigenvalue weighted by molar-refractivity contribution is 0.0596. The SMILES string of the molecule is COC(=O)c1cc(C)ccc1S(=O)(=O)N1CC[C@@H](N)C1. The number of carbonyl (C=O) groups excluding carboxylic acids is 1. The van der Waals surface area contributed by atoms with Gasteiger partial charge in [-0.2, -0.15) is 4.31 Å². The van der Waals surface area contributed by atoms with Crippen molar-refractivity contribution in [2.75, 3.05) is 20.2 Å². The molecule has 0 aromatic heterocycles. The second kappa shape index (κ2) is 5.51. The van der Waals surface area contributed by atoms with Gasteiger partial charge in [-0.25, -0.2) is 13.2 Å². The number of nitrogens with zero attached hydrogens (tertiary/aromatic N) is 1. The molecule has 0 radical (unpaired) electrons. The van der Waals surface area contributed by atoms with Crippen molar-refractivity contribution in [2.45, 2.75) is 24.3 Å². The van der Waals surface area contributed by atoms with Crippen molar-refractivity contribution in [3.8, 4) is 0 Å². The number of benzene rings is 1. The minimum absolute atomic E-state index is 0.0240. The zero-order chi connectivity index (χ0) is 14.9. The van der Waals surface area contributed by atoms with Gasteiger partial charge in [0.15, 0.2) is 0 Å². The fourth-order valence-electron chi connectivity index (χ4n) is 2.25. The Morgan fingerprint density at radius 3 is 2.70 bits per heavy atom. The monoisotopic (exact) mass is 298 g/mol. The molecule has 20 heavy (non-hydrogen) atoms. The summed E-state index contributed by atoms with van der Waals surface area (Å²) in [6, 6.07) is 4.47. The van der Waals surface area contributed by atoms with Crippen LogP contribution in [0.3, 0.4) is 0 Å². The van der Waals surface area contributed by atoms with Crippen molar-refractivity contribution in [2.24, 2.45) is 5.73 Å². The van der Waals surface area contributed by atoms with Crippen LogP contribution in [0.4, 0.5) is 0 Å². The first-order chi connectivity index (χ1) is 9.36. The molecule has 0 amide bonds. The van der Waals surface area contributed by atoms with Gasteiger partial charge < -0.3 is 10.5 Å². The molecule has 0 bridgehead atoms. The summed E-state index contributed by atoms with van der Waals surface area (Å²) in [7, 11) is -2.49. The first kappa shape index (κ1) is 15.0. The number of methoxy groups -OCH3 is 1. The molecule has 1 fully saturated rings. The van der Waals surface area contributed by atoms with E-state index in [9.17, 15) is 13.2 Å². The van der Waals surface area contributed by atoms with Crippen molar-refractivity contribution in [1.82, 2.24) is 4.31 Å². The number of esters is 1. The van der Waals surface area contributed by atoms with E-state index in [0.717, 1.165) is 5.56 Å². The lowest BCUT2D eigenvalue weighted by Crippen LogP contribution is -2.33. The Balaban J connectivity index is 2.49. The molecule has 1 aliphatic rings. The molecular weight excluding hydrogens is 280 g/mol. The van der Waals surface area contributed by atoms with Gasteiger partial charge in [0, 0.05) is 19.1 Å². The van der Waals surface area contributed by atoms with E-state index in [4.69, 9.17) is 5.73 Å². The van der Waals surface area contributed by atoms with Crippen molar-refractivity contribution < 1.29 is 17.9 Å². The van der Waals surface area contributed by atoms with Crippen molar-refractivity contribution in [3.05, 3.63) is 29.3 Å². The van der Waals surface area contributed by atoms with Crippen LogP contribution in [0.5, 0.6) is 0 Å². The summed E-state index contributed by atoms with van der Waals surface area (Å²) in [5.41, 5.74) is 6.61. The average Bonchev–Trinajstić information content (AvgIpc) is 2.84. The molecule has 2 rings (SSSR count). The summed E-state index contributed by atoms with van der Waals surface area (Å²) in [5, 5.41) is 0. The van der Waals surface area contributed by atoms with Crippen LogP contribution < -0.4 is 5.73 Å². The van der Waals surface area contributed by atoms with Gasteiger partial charge in [-0.05, 0) is 25.5 Å². The van der Waals surface area contributed by atoms with Crippen LogP contribution in [0.15, 0.2) is 23.1 Å². The van der Waals surface area contributed by atoms with Crippen LogP contribution in [0.25, 0.3) is 0 Å². The molecular formula is C13H18N2O4S. The Morgan fingerprint density at radius 1 is 1.45 bits per heavy atom. The number of nitrogens with two attached hydrogens (primary N) is 1. The summed E-state index contributed by atoms with van der Waals surface area (Å²) in [5.74, 6) is -0.657. The van der Waals surface area contributed by atoms with Crippen LogP contribution in [0, 0.1) is 6.92 Å². The molecule has 1 heterocycles. The third-order valence-corrected chi connectivity index (χ3v) is 5.27. The highest BCUT2D eigenvalue weighted by Gasteiger charge is 2.33. The highest BCUT2D eigenvalue weighted by molar-refractivity contribution is 7.89. The predicted molar refractivity (Wildman–Crippen MR) is 73.9 cm³/mol. The maximum atomic E-state index is 12.6. The Labute approximate surface area is 118 Å². The van der Waals surface area contributed by atoms with E-state index >= 15 is 0 Å².